The molecule has 1 nitrogen and oxygen atoms in total. The molecule has 0 spiro atoms. The summed E-state index contributed by atoms with van der Waals surface area (Å²) in [6.45, 7) is 2.16. The number of nitrogens with two attached hydrogens (primary N) is 1. The smallest absolute Gasteiger partial charge is 0.0175 e. The average molecular weight is 254 g/mol. The van der Waals surface area contributed by atoms with E-state index < -0.39 is 0 Å². The van der Waals surface area contributed by atoms with Crippen LogP contribution in [0.5, 0.6) is 0 Å². The molecule has 2 N–H and O–H groups in total. The first-order valence-electron chi connectivity index (χ1n) is 5.11. The van der Waals surface area contributed by atoms with E-state index in [4.69, 9.17) is 5.73 Å². The van der Waals surface area contributed by atoms with Gasteiger partial charge in [0.25, 0.3) is 0 Å². The first kappa shape index (κ1) is 10.2. The molecule has 0 aromatic heterocycles. The predicted octanol–water partition coefficient (Wildman–Crippen LogP) is 3.43. The van der Waals surface area contributed by atoms with Crippen LogP contribution in [0.2, 0.25) is 0 Å². The van der Waals surface area contributed by atoms with Crippen molar-refractivity contribution < 1.29 is 0 Å². The third kappa shape index (κ3) is 2.18. The van der Waals surface area contributed by atoms with Gasteiger partial charge in [-0.1, -0.05) is 28.1 Å². The Hall–Kier alpha value is -0.340. The van der Waals surface area contributed by atoms with Gasteiger partial charge in [0, 0.05) is 10.0 Å². The van der Waals surface area contributed by atoms with E-state index in [0.717, 1.165) is 17.3 Å². The van der Waals surface area contributed by atoms with E-state index in [1.165, 1.54) is 12.0 Å². The quantitative estimate of drug-likeness (QED) is 0.816. The Morgan fingerprint density at radius 3 is 2.50 bits per heavy atom. The zero-order valence-corrected chi connectivity index (χ0v) is 10.0. The van der Waals surface area contributed by atoms with Crippen LogP contribution in [0.3, 0.4) is 0 Å². The van der Waals surface area contributed by atoms with E-state index in [-0.39, 0.29) is 5.54 Å². The zero-order valence-electron chi connectivity index (χ0n) is 8.46. The Labute approximate surface area is 93.8 Å². The SMILES string of the molecule is CC1(N)CCC(c2ccc(Br)cc2)C1. The van der Waals surface area contributed by atoms with Crippen molar-refractivity contribution >= 4 is 15.9 Å². The minimum atomic E-state index is 0.0533. The van der Waals surface area contributed by atoms with Crippen molar-refractivity contribution in [1.82, 2.24) is 0 Å². The fraction of sp³-hybridized carbons (Fsp3) is 0.500. The summed E-state index contributed by atoms with van der Waals surface area (Å²) in [7, 11) is 0. The van der Waals surface area contributed by atoms with Crippen LogP contribution >= 0.6 is 15.9 Å². The lowest BCUT2D eigenvalue weighted by atomic mass is 9.94. The van der Waals surface area contributed by atoms with Gasteiger partial charge in [0.1, 0.15) is 0 Å². The van der Waals surface area contributed by atoms with Crippen molar-refractivity contribution in [1.29, 1.82) is 0 Å². The molecule has 0 bridgehead atoms. The number of halogens is 1. The lowest BCUT2D eigenvalue weighted by Crippen LogP contribution is -2.32. The molecule has 0 aliphatic heterocycles. The first-order chi connectivity index (χ1) is 6.57. The van der Waals surface area contributed by atoms with Crippen LogP contribution in [0.4, 0.5) is 0 Å². The minimum absolute atomic E-state index is 0.0533. The molecule has 1 aliphatic rings. The van der Waals surface area contributed by atoms with Gasteiger partial charge in [0.15, 0.2) is 0 Å². The third-order valence-electron chi connectivity index (χ3n) is 3.12. The summed E-state index contributed by atoms with van der Waals surface area (Å²) in [5.41, 5.74) is 7.61. The second kappa shape index (κ2) is 3.67. The van der Waals surface area contributed by atoms with Crippen molar-refractivity contribution in [3.05, 3.63) is 34.3 Å². The van der Waals surface area contributed by atoms with E-state index in [9.17, 15) is 0 Å². The molecule has 2 heteroatoms. The lowest BCUT2D eigenvalue weighted by Gasteiger charge is -2.17. The standard InChI is InChI=1S/C12H16BrN/c1-12(14)7-6-10(8-12)9-2-4-11(13)5-3-9/h2-5,10H,6-8,14H2,1H3. The van der Waals surface area contributed by atoms with Crippen molar-refractivity contribution in [2.45, 2.75) is 37.6 Å². The summed E-state index contributed by atoms with van der Waals surface area (Å²) in [5.74, 6) is 0.665. The lowest BCUT2D eigenvalue weighted by molar-refractivity contribution is 0.479. The highest BCUT2D eigenvalue weighted by Crippen LogP contribution is 2.39. The van der Waals surface area contributed by atoms with E-state index in [1.54, 1.807) is 0 Å². The second-order valence-corrected chi connectivity index (χ2v) is 5.56. The molecule has 0 heterocycles. The van der Waals surface area contributed by atoms with Crippen molar-refractivity contribution in [3.63, 3.8) is 0 Å². The van der Waals surface area contributed by atoms with Crippen LogP contribution in [0.1, 0.15) is 37.7 Å². The first-order valence-corrected chi connectivity index (χ1v) is 5.90. The molecular weight excluding hydrogens is 238 g/mol. The zero-order chi connectivity index (χ0) is 10.2. The number of hydrogen-bond donors (Lipinski definition) is 1. The molecule has 2 rings (SSSR count). The van der Waals surface area contributed by atoms with E-state index in [2.05, 4.69) is 47.1 Å². The molecule has 76 valence electrons. The molecular formula is C12H16BrN. The summed E-state index contributed by atoms with van der Waals surface area (Å²) in [4.78, 5) is 0. The van der Waals surface area contributed by atoms with Crippen LogP contribution in [-0.2, 0) is 0 Å². The topological polar surface area (TPSA) is 26.0 Å². The number of hydrogen-bond acceptors (Lipinski definition) is 1. The molecule has 1 aromatic rings. The Kier molecular flexibility index (Phi) is 2.67. The fourth-order valence-corrected chi connectivity index (χ4v) is 2.55. The molecule has 0 saturated heterocycles. The molecule has 1 aromatic carbocycles. The van der Waals surface area contributed by atoms with Crippen LogP contribution in [0.25, 0.3) is 0 Å². The summed E-state index contributed by atoms with van der Waals surface area (Å²) in [5, 5.41) is 0. The average Bonchev–Trinajstić information content (AvgIpc) is 2.47. The summed E-state index contributed by atoms with van der Waals surface area (Å²) in [6.07, 6.45) is 3.50. The molecule has 0 amide bonds. The summed E-state index contributed by atoms with van der Waals surface area (Å²) in [6, 6.07) is 8.63. The molecule has 2 atom stereocenters. The van der Waals surface area contributed by atoms with Gasteiger partial charge < -0.3 is 5.73 Å². The molecule has 1 fully saturated rings. The van der Waals surface area contributed by atoms with Gasteiger partial charge in [-0.2, -0.15) is 0 Å². The van der Waals surface area contributed by atoms with Crippen LogP contribution in [-0.4, -0.2) is 5.54 Å². The maximum atomic E-state index is 6.13. The Morgan fingerprint density at radius 2 is 2.00 bits per heavy atom. The van der Waals surface area contributed by atoms with Gasteiger partial charge in [-0.05, 0) is 49.8 Å². The van der Waals surface area contributed by atoms with E-state index >= 15 is 0 Å². The van der Waals surface area contributed by atoms with Crippen molar-refractivity contribution in [2.24, 2.45) is 5.73 Å². The summed E-state index contributed by atoms with van der Waals surface area (Å²) < 4.78 is 1.15. The second-order valence-electron chi connectivity index (χ2n) is 4.65. The van der Waals surface area contributed by atoms with Crippen molar-refractivity contribution in [3.8, 4) is 0 Å². The Bertz CT molecular complexity index is 316. The van der Waals surface area contributed by atoms with Gasteiger partial charge in [0.05, 0.1) is 0 Å². The predicted molar refractivity (Wildman–Crippen MR) is 63.3 cm³/mol. The fourth-order valence-electron chi connectivity index (χ4n) is 2.29. The van der Waals surface area contributed by atoms with Gasteiger partial charge >= 0.3 is 0 Å². The molecule has 1 aliphatic carbocycles. The highest BCUT2D eigenvalue weighted by atomic mass is 79.9. The van der Waals surface area contributed by atoms with Gasteiger partial charge in [0.2, 0.25) is 0 Å². The maximum absolute atomic E-state index is 6.13. The van der Waals surface area contributed by atoms with Gasteiger partial charge in [-0.15, -0.1) is 0 Å². The van der Waals surface area contributed by atoms with Crippen LogP contribution < -0.4 is 5.73 Å². The number of rotatable bonds is 1. The normalized spacial score (nSPS) is 32.1. The summed E-state index contributed by atoms with van der Waals surface area (Å²) >= 11 is 3.45. The van der Waals surface area contributed by atoms with E-state index in [0.29, 0.717) is 5.92 Å². The highest BCUT2D eigenvalue weighted by molar-refractivity contribution is 9.10. The molecule has 14 heavy (non-hydrogen) atoms. The van der Waals surface area contributed by atoms with Crippen LogP contribution in [0, 0.1) is 0 Å². The Morgan fingerprint density at radius 1 is 1.36 bits per heavy atom. The largest absolute Gasteiger partial charge is 0.325 e. The molecule has 2 unspecified atom stereocenters. The van der Waals surface area contributed by atoms with Crippen molar-refractivity contribution in [2.75, 3.05) is 0 Å². The number of benzene rings is 1. The monoisotopic (exact) mass is 253 g/mol. The van der Waals surface area contributed by atoms with Gasteiger partial charge in [-0.25, -0.2) is 0 Å². The van der Waals surface area contributed by atoms with E-state index in [1.807, 2.05) is 0 Å². The third-order valence-corrected chi connectivity index (χ3v) is 3.65. The minimum Gasteiger partial charge on any atom is -0.325 e. The highest BCUT2D eigenvalue weighted by Gasteiger charge is 2.31. The van der Waals surface area contributed by atoms with Gasteiger partial charge in [-0.3, -0.25) is 0 Å². The Balaban J connectivity index is 2.14. The molecule has 1 saturated carbocycles. The molecule has 0 radical (unpaired) electrons. The van der Waals surface area contributed by atoms with Crippen LogP contribution in [0.15, 0.2) is 28.7 Å². The maximum Gasteiger partial charge on any atom is 0.0175 e.